The van der Waals surface area contributed by atoms with Gasteiger partial charge in [0.2, 0.25) is 11.8 Å². The lowest BCUT2D eigenvalue weighted by atomic mass is 9.98. The van der Waals surface area contributed by atoms with Crippen molar-refractivity contribution in [3.8, 4) is 17.5 Å². The van der Waals surface area contributed by atoms with Gasteiger partial charge < -0.3 is 9.52 Å². The monoisotopic (exact) mass is 312 g/mol. The van der Waals surface area contributed by atoms with E-state index < -0.39 is 5.97 Å². The molecule has 1 atom stereocenters. The summed E-state index contributed by atoms with van der Waals surface area (Å²) in [5.41, 5.74) is 1.23. The minimum atomic E-state index is -0.755. The number of piperidine rings is 1. The fourth-order valence-corrected chi connectivity index (χ4v) is 2.75. The molecule has 1 aliphatic heterocycles. The summed E-state index contributed by atoms with van der Waals surface area (Å²) in [5, 5.41) is 26.1. The molecule has 23 heavy (non-hydrogen) atoms. The number of carboxylic acid groups (broad SMARTS) is 1. The van der Waals surface area contributed by atoms with Crippen molar-refractivity contribution in [2.24, 2.45) is 5.92 Å². The molecule has 2 heterocycles. The first-order chi connectivity index (χ1) is 11.2. The number of benzene rings is 1. The number of carboxylic acids is 1. The van der Waals surface area contributed by atoms with Crippen LogP contribution in [0.25, 0.3) is 11.5 Å². The maximum atomic E-state index is 11.1. The van der Waals surface area contributed by atoms with Crippen LogP contribution in [0.4, 0.5) is 0 Å². The highest BCUT2D eigenvalue weighted by Gasteiger charge is 2.26. The summed E-state index contributed by atoms with van der Waals surface area (Å²) in [6.07, 6.45) is 1.56. The zero-order chi connectivity index (χ0) is 16.2. The second-order valence-corrected chi connectivity index (χ2v) is 5.61. The Labute approximate surface area is 133 Å². The van der Waals surface area contributed by atoms with Gasteiger partial charge in [0.1, 0.15) is 0 Å². The Morgan fingerprint density at radius 2 is 2.35 bits per heavy atom. The van der Waals surface area contributed by atoms with Gasteiger partial charge in [-0.05, 0) is 37.6 Å². The van der Waals surface area contributed by atoms with Crippen LogP contribution in [0.15, 0.2) is 28.7 Å². The van der Waals surface area contributed by atoms with Crippen molar-refractivity contribution in [1.82, 2.24) is 15.1 Å². The average Bonchev–Trinajstić information content (AvgIpc) is 3.03. The molecule has 0 bridgehead atoms. The van der Waals surface area contributed by atoms with Gasteiger partial charge in [0.25, 0.3) is 0 Å². The minimum absolute atomic E-state index is 0.335. The van der Waals surface area contributed by atoms with Gasteiger partial charge >= 0.3 is 5.97 Å². The van der Waals surface area contributed by atoms with Crippen molar-refractivity contribution in [2.45, 2.75) is 19.4 Å². The predicted octanol–water partition coefficient (Wildman–Crippen LogP) is 1.90. The highest BCUT2D eigenvalue weighted by atomic mass is 16.4. The molecule has 1 aromatic heterocycles. The Hall–Kier alpha value is -2.72. The number of likely N-dealkylation sites (tertiary alicyclic amines) is 1. The van der Waals surface area contributed by atoms with Crippen LogP contribution < -0.4 is 0 Å². The molecule has 1 N–H and O–H groups in total. The fourth-order valence-electron chi connectivity index (χ4n) is 2.75. The second kappa shape index (κ2) is 6.58. The molecule has 1 fully saturated rings. The van der Waals surface area contributed by atoms with E-state index >= 15 is 0 Å². The molecule has 7 nitrogen and oxygen atoms in total. The summed E-state index contributed by atoms with van der Waals surface area (Å²) in [6, 6.07) is 9.04. The van der Waals surface area contributed by atoms with Crippen LogP contribution in [0.1, 0.15) is 24.3 Å². The molecule has 118 valence electrons. The molecule has 1 unspecified atom stereocenters. The summed E-state index contributed by atoms with van der Waals surface area (Å²) in [7, 11) is 0. The SMILES string of the molecule is N#Cc1cccc(-c2nnc(CN3CCCC(C(=O)O)C3)o2)c1. The Balaban J connectivity index is 1.70. The third kappa shape index (κ3) is 3.55. The third-order valence-electron chi connectivity index (χ3n) is 3.92. The van der Waals surface area contributed by atoms with E-state index in [0.29, 0.717) is 42.4 Å². The summed E-state index contributed by atoms with van der Waals surface area (Å²) in [6.45, 7) is 1.76. The van der Waals surface area contributed by atoms with E-state index in [2.05, 4.69) is 16.3 Å². The van der Waals surface area contributed by atoms with Gasteiger partial charge in [0.05, 0.1) is 24.1 Å². The molecule has 1 aromatic carbocycles. The van der Waals surface area contributed by atoms with Crippen LogP contribution in [0.2, 0.25) is 0 Å². The van der Waals surface area contributed by atoms with E-state index in [0.717, 1.165) is 13.0 Å². The van der Waals surface area contributed by atoms with Gasteiger partial charge in [-0.25, -0.2) is 0 Å². The maximum absolute atomic E-state index is 11.1. The number of aromatic nitrogens is 2. The van der Waals surface area contributed by atoms with Crippen molar-refractivity contribution < 1.29 is 14.3 Å². The van der Waals surface area contributed by atoms with Crippen LogP contribution in [0.5, 0.6) is 0 Å². The van der Waals surface area contributed by atoms with E-state index in [4.69, 9.17) is 14.8 Å². The van der Waals surface area contributed by atoms with E-state index in [-0.39, 0.29) is 5.92 Å². The number of carbonyl (C=O) groups is 1. The van der Waals surface area contributed by atoms with Crippen molar-refractivity contribution in [3.63, 3.8) is 0 Å². The summed E-state index contributed by atoms with van der Waals surface area (Å²) in [5.74, 6) is -0.273. The van der Waals surface area contributed by atoms with Crippen molar-refractivity contribution in [3.05, 3.63) is 35.7 Å². The van der Waals surface area contributed by atoms with Gasteiger partial charge in [-0.2, -0.15) is 5.26 Å². The van der Waals surface area contributed by atoms with Crippen LogP contribution in [0.3, 0.4) is 0 Å². The van der Waals surface area contributed by atoms with E-state index in [9.17, 15) is 4.79 Å². The summed E-state index contributed by atoms with van der Waals surface area (Å²) < 4.78 is 5.65. The molecular weight excluding hydrogens is 296 g/mol. The Kier molecular flexibility index (Phi) is 4.35. The van der Waals surface area contributed by atoms with E-state index in [1.165, 1.54) is 0 Å². The lowest BCUT2D eigenvalue weighted by molar-refractivity contribution is -0.143. The number of hydrogen-bond donors (Lipinski definition) is 1. The molecule has 1 aliphatic rings. The lowest BCUT2D eigenvalue weighted by Gasteiger charge is -2.29. The molecule has 0 spiro atoms. The predicted molar refractivity (Wildman–Crippen MR) is 80.1 cm³/mol. The smallest absolute Gasteiger partial charge is 0.307 e. The van der Waals surface area contributed by atoms with Crippen molar-refractivity contribution >= 4 is 5.97 Å². The van der Waals surface area contributed by atoms with Crippen LogP contribution in [0, 0.1) is 17.2 Å². The van der Waals surface area contributed by atoms with Crippen molar-refractivity contribution in [2.75, 3.05) is 13.1 Å². The van der Waals surface area contributed by atoms with E-state index in [1.54, 1.807) is 24.3 Å². The normalized spacial score (nSPS) is 18.5. The van der Waals surface area contributed by atoms with Gasteiger partial charge in [0.15, 0.2) is 0 Å². The standard InChI is InChI=1S/C16H16N4O3/c17-8-11-3-1-4-12(7-11)15-19-18-14(23-15)10-20-6-2-5-13(9-20)16(21)22/h1,3-4,7,13H,2,5-6,9-10H2,(H,21,22). The Morgan fingerprint density at radius 1 is 1.48 bits per heavy atom. The molecule has 0 amide bonds. The molecule has 1 saturated heterocycles. The average molecular weight is 312 g/mol. The zero-order valence-corrected chi connectivity index (χ0v) is 12.5. The van der Waals surface area contributed by atoms with Crippen LogP contribution in [-0.2, 0) is 11.3 Å². The quantitative estimate of drug-likeness (QED) is 0.919. The molecule has 2 aromatic rings. The maximum Gasteiger partial charge on any atom is 0.307 e. The van der Waals surface area contributed by atoms with E-state index in [1.807, 2.05) is 4.90 Å². The Morgan fingerprint density at radius 3 is 3.13 bits per heavy atom. The number of nitriles is 1. The molecule has 0 radical (unpaired) electrons. The molecular formula is C16H16N4O3. The van der Waals surface area contributed by atoms with Gasteiger partial charge in [-0.1, -0.05) is 6.07 Å². The summed E-state index contributed by atoms with van der Waals surface area (Å²) >= 11 is 0. The molecule has 3 rings (SSSR count). The first-order valence-corrected chi connectivity index (χ1v) is 7.44. The highest BCUT2D eigenvalue weighted by Crippen LogP contribution is 2.22. The topological polar surface area (TPSA) is 103 Å². The van der Waals surface area contributed by atoms with Crippen LogP contribution >= 0.6 is 0 Å². The molecule has 7 heteroatoms. The fraction of sp³-hybridized carbons (Fsp3) is 0.375. The number of aliphatic carboxylic acids is 1. The summed E-state index contributed by atoms with van der Waals surface area (Å²) in [4.78, 5) is 13.1. The minimum Gasteiger partial charge on any atom is -0.481 e. The van der Waals surface area contributed by atoms with Crippen molar-refractivity contribution in [1.29, 1.82) is 5.26 Å². The second-order valence-electron chi connectivity index (χ2n) is 5.61. The lowest BCUT2D eigenvalue weighted by Crippen LogP contribution is -2.38. The van der Waals surface area contributed by atoms with Gasteiger partial charge in [-0.3, -0.25) is 9.69 Å². The third-order valence-corrected chi connectivity index (χ3v) is 3.92. The first kappa shape index (κ1) is 15.2. The zero-order valence-electron chi connectivity index (χ0n) is 12.5. The number of rotatable bonds is 4. The number of hydrogen-bond acceptors (Lipinski definition) is 6. The molecule has 0 aliphatic carbocycles. The van der Waals surface area contributed by atoms with Crippen LogP contribution in [-0.4, -0.2) is 39.3 Å². The van der Waals surface area contributed by atoms with Gasteiger partial charge in [-0.15, -0.1) is 10.2 Å². The highest BCUT2D eigenvalue weighted by molar-refractivity contribution is 5.70. The Bertz CT molecular complexity index is 750. The first-order valence-electron chi connectivity index (χ1n) is 7.44. The molecule has 0 saturated carbocycles. The largest absolute Gasteiger partial charge is 0.481 e. The number of nitrogens with zero attached hydrogens (tertiary/aromatic N) is 4. The van der Waals surface area contributed by atoms with Gasteiger partial charge in [0, 0.05) is 12.1 Å².